The minimum atomic E-state index is -3.77. The summed E-state index contributed by atoms with van der Waals surface area (Å²) in [6.07, 6.45) is 0. The lowest BCUT2D eigenvalue weighted by Crippen LogP contribution is -2.12. The second-order valence-corrected chi connectivity index (χ2v) is 7.41. The fourth-order valence-corrected chi connectivity index (χ4v) is 3.36. The van der Waals surface area contributed by atoms with Crippen LogP contribution in [0.1, 0.15) is 0 Å². The highest BCUT2D eigenvalue weighted by molar-refractivity contribution is 7.99. The zero-order chi connectivity index (χ0) is 14.9. The zero-order valence-electron chi connectivity index (χ0n) is 10.0. The van der Waals surface area contributed by atoms with Gasteiger partial charge in [0, 0.05) is 15.5 Å². The van der Waals surface area contributed by atoms with E-state index in [0.717, 1.165) is 4.90 Å². The lowest BCUT2D eigenvalue weighted by molar-refractivity contribution is 0.597. The van der Waals surface area contributed by atoms with Crippen LogP contribution >= 0.6 is 35.0 Å². The van der Waals surface area contributed by atoms with Gasteiger partial charge in [-0.05, 0) is 36.4 Å². The number of hydrogen-bond acceptors (Lipinski definition) is 4. The number of anilines is 1. The molecule has 106 valence electrons. The summed E-state index contributed by atoms with van der Waals surface area (Å²) in [5.74, 6) is 0. The van der Waals surface area contributed by atoms with Crippen LogP contribution in [0.4, 0.5) is 5.69 Å². The lowest BCUT2D eigenvalue weighted by Gasteiger charge is -2.08. The fraction of sp³-hybridized carbons (Fsp3) is 0. The number of nitrogen functional groups attached to an aromatic ring is 1. The summed E-state index contributed by atoms with van der Waals surface area (Å²) in [4.78, 5) is 1.38. The maximum atomic E-state index is 11.3. The molecule has 4 N–H and O–H groups in total. The van der Waals surface area contributed by atoms with E-state index in [1.807, 2.05) is 0 Å². The van der Waals surface area contributed by atoms with Gasteiger partial charge in [0.1, 0.15) is 0 Å². The molecule has 0 saturated carbocycles. The standard InChI is InChI=1S/C12H10Cl2N2O2S2/c13-9-3-1-7(5-10(9)14)19-12-6-8(20(16,17)18)2-4-11(12)15/h1-6H,15H2,(H2,16,17,18). The molecule has 8 heteroatoms. The Balaban J connectivity index is 2.40. The van der Waals surface area contributed by atoms with Crippen molar-refractivity contribution in [1.29, 1.82) is 0 Å². The monoisotopic (exact) mass is 348 g/mol. The second-order valence-electron chi connectivity index (χ2n) is 3.92. The summed E-state index contributed by atoms with van der Waals surface area (Å²) in [6, 6.07) is 9.40. The van der Waals surface area contributed by atoms with Crippen molar-refractivity contribution in [1.82, 2.24) is 0 Å². The van der Waals surface area contributed by atoms with Crippen LogP contribution in [0.25, 0.3) is 0 Å². The van der Waals surface area contributed by atoms with E-state index < -0.39 is 10.0 Å². The summed E-state index contributed by atoms with van der Waals surface area (Å²) >= 11 is 13.0. The smallest absolute Gasteiger partial charge is 0.238 e. The summed E-state index contributed by atoms with van der Waals surface area (Å²) < 4.78 is 22.7. The first-order valence-electron chi connectivity index (χ1n) is 5.32. The average molecular weight is 349 g/mol. The molecule has 0 saturated heterocycles. The molecule has 20 heavy (non-hydrogen) atoms. The normalized spacial score (nSPS) is 11.6. The Morgan fingerprint density at radius 2 is 1.70 bits per heavy atom. The van der Waals surface area contributed by atoms with Crippen LogP contribution < -0.4 is 10.9 Å². The van der Waals surface area contributed by atoms with E-state index in [0.29, 0.717) is 20.6 Å². The first kappa shape index (κ1) is 15.5. The molecule has 0 aliphatic rings. The number of rotatable bonds is 3. The SMILES string of the molecule is Nc1ccc(S(N)(=O)=O)cc1Sc1ccc(Cl)c(Cl)c1. The largest absolute Gasteiger partial charge is 0.398 e. The highest BCUT2D eigenvalue weighted by atomic mass is 35.5. The lowest BCUT2D eigenvalue weighted by atomic mass is 10.3. The molecule has 0 heterocycles. The van der Waals surface area contributed by atoms with Crippen LogP contribution in [-0.4, -0.2) is 8.42 Å². The van der Waals surface area contributed by atoms with Crippen LogP contribution in [0.3, 0.4) is 0 Å². The Labute approximate surface area is 131 Å². The summed E-state index contributed by atoms with van der Waals surface area (Å²) in [5.41, 5.74) is 6.29. The summed E-state index contributed by atoms with van der Waals surface area (Å²) in [7, 11) is -3.77. The van der Waals surface area contributed by atoms with Crippen molar-refractivity contribution in [2.75, 3.05) is 5.73 Å². The molecule has 0 radical (unpaired) electrons. The molecule has 0 aliphatic carbocycles. The predicted octanol–water partition coefficient (Wildman–Crippen LogP) is 3.37. The molecule has 0 atom stereocenters. The Bertz CT molecular complexity index is 764. The molecule has 2 aromatic carbocycles. The van der Waals surface area contributed by atoms with Crippen molar-refractivity contribution in [3.05, 3.63) is 46.4 Å². The molecule has 0 spiro atoms. The number of primary sulfonamides is 1. The van der Waals surface area contributed by atoms with E-state index in [-0.39, 0.29) is 4.90 Å². The molecular weight excluding hydrogens is 339 g/mol. The van der Waals surface area contributed by atoms with Crippen LogP contribution in [0, 0.1) is 0 Å². The molecule has 0 amide bonds. The third-order valence-electron chi connectivity index (χ3n) is 2.43. The van der Waals surface area contributed by atoms with E-state index in [1.165, 1.54) is 30.0 Å². The predicted molar refractivity (Wildman–Crippen MR) is 82.8 cm³/mol. The third kappa shape index (κ3) is 3.59. The van der Waals surface area contributed by atoms with Gasteiger partial charge in [-0.2, -0.15) is 0 Å². The Morgan fingerprint density at radius 1 is 1.00 bits per heavy atom. The minimum Gasteiger partial charge on any atom is -0.398 e. The molecule has 0 fully saturated rings. The number of halogens is 2. The van der Waals surface area contributed by atoms with E-state index in [1.54, 1.807) is 18.2 Å². The second kappa shape index (κ2) is 5.83. The van der Waals surface area contributed by atoms with Crippen LogP contribution in [0.2, 0.25) is 10.0 Å². The van der Waals surface area contributed by atoms with E-state index in [9.17, 15) is 8.42 Å². The van der Waals surface area contributed by atoms with Crippen molar-refractivity contribution in [2.45, 2.75) is 14.7 Å². The first-order chi connectivity index (χ1) is 9.27. The average Bonchev–Trinajstić information content (AvgIpc) is 2.35. The van der Waals surface area contributed by atoms with Gasteiger partial charge in [-0.1, -0.05) is 35.0 Å². The summed E-state index contributed by atoms with van der Waals surface area (Å²) in [5, 5.41) is 5.96. The number of benzene rings is 2. The van der Waals surface area contributed by atoms with E-state index >= 15 is 0 Å². The van der Waals surface area contributed by atoms with Crippen molar-refractivity contribution in [3.63, 3.8) is 0 Å². The molecule has 2 aromatic rings. The van der Waals surface area contributed by atoms with Gasteiger partial charge in [0.05, 0.1) is 14.9 Å². The molecule has 2 rings (SSSR count). The number of sulfonamides is 1. The first-order valence-corrected chi connectivity index (χ1v) is 8.44. The van der Waals surface area contributed by atoms with Crippen LogP contribution in [0.5, 0.6) is 0 Å². The van der Waals surface area contributed by atoms with Gasteiger partial charge in [-0.25, -0.2) is 13.6 Å². The van der Waals surface area contributed by atoms with Gasteiger partial charge < -0.3 is 5.73 Å². The highest BCUT2D eigenvalue weighted by Crippen LogP contribution is 2.36. The third-order valence-corrected chi connectivity index (χ3v) is 5.15. The van der Waals surface area contributed by atoms with Crippen molar-refractivity contribution < 1.29 is 8.42 Å². The number of nitrogens with two attached hydrogens (primary N) is 2. The topological polar surface area (TPSA) is 86.2 Å². The van der Waals surface area contributed by atoms with Gasteiger partial charge >= 0.3 is 0 Å². The molecular formula is C12H10Cl2N2O2S2. The fourth-order valence-electron chi connectivity index (χ4n) is 1.45. The quantitative estimate of drug-likeness (QED) is 0.832. The summed E-state index contributed by atoms with van der Waals surface area (Å²) in [6.45, 7) is 0. The maximum Gasteiger partial charge on any atom is 0.238 e. The highest BCUT2D eigenvalue weighted by Gasteiger charge is 2.11. The molecule has 0 unspecified atom stereocenters. The van der Waals surface area contributed by atoms with Crippen molar-refractivity contribution in [2.24, 2.45) is 5.14 Å². The van der Waals surface area contributed by atoms with Gasteiger partial charge in [-0.3, -0.25) is 0 Å². The Hall–Kier alpha value is -0.920. The molecule has 0 aromatic heterocycles. The van der Waals surface area contributed by atoms with Crippen LogP contribution in [0.15, 0.2) is 51.1 Å². The zero-order valence-corrected chi connectivity index (χ0v) is 13.2. The van der Waals surface area contributed by atoms with E-state index in [4.69, 9.17) is 34.1 Å². The Kier molecular flexibility index (Phi) is 4.51. The number of hydrogen-bond donors (Lipinski definition) is 2. The van der Waals surface area contributed by atoms with Gasteiger partial charge in [0.2, 0.25) is 10.0 Å². The molecule has 0 bridgehead atoms. The van der Waals surface area contributed by atoms with Crippen LogP contribution in [-0.2, 0) is 10.0 Å². The maximum absolute atomic E-state index is 11.3. The molecule has 4 nitrogen and oxygen atoms in total. The van der Waals surface area contributed by atoms with Crippen molar-refractivity contribution in [3.8, 4) is 0 Å². The molecule has 0 aliphatic heterocycles. The van der Waals surface area contributed by atoms with Gasteiger partial charge in [-0.15, -0.1) is 0 Å². The van der Waals surface area contributed by atoms with Gasteiger partial charge in [0.15, 0.2) is 0 Å². The van der Waals surface area contributed by atoms with E-state index in [2.05, 4.69) is 0 Å². The minimum absolute atomic E-state index is 0.00857. The van der Waals surface area contributed by atoms with Gasteiger partial charge in [0.25, 0.3) is 0 Å². The van der Waals surface area contributed by atoms with Crippen molar-refractivity contribution >= 4 is 50.7 Å². The Morgan fingerprint density at radius 3 is 2.30 bits per heavy atom.